The molecule has 4 atom stereocenters. The second-order valence-corrected chi connectivity index (χ2v) is 6.37. The molecule has 112 valence electrons. The summed E-state index contributed by atoms with van der Waals surface area (Å²) >= 11 is 0. The highest BCUT2D eigenvalue weighted by atomic mass is 15.2. The number of benzene rings is 1. The first kappa shape index (κ1) is 15.5. The highest BCUT2D eigenvalue weighted by molar-refractivity contribution is 5.27. The molecule has 2 heteroatoms. The van der Waals surface area contributed by atoms with Gasteiger partial charge in [0.2, 0.25) is 0 Å². The quantitative estimate of drug-likeness (QED) is 0.878. The van der Waals surface area contributed by atoms with E-state index >= 15 is 0 Å². The SMILES string of the molecule is CCC(N)C(c1cccc(C)c1)N1C(C)CCC1CC. The van der Waals surface area contributed by atoms with E-state index < -0.39 is 0 Å². The minimum Gasteiger partial charge on any atom is -0.326 e. The number of hydrogen-bond donors (Lipinski definition) is 1. The molecular weight excluding hydrogens is 244 g/mol. The Morgan fingerprint density at radius 2 is 2.05 bits per heavy atom. The number of nitrogens with zero attached hydrogens (tertiary/aromatic N) is 1. The summed E-state index contributed by atoms with van der Waals surface area (Å²) in [6, 6.07) is 10.8. The molecule has 0 bridgehead atoms. The van der Waals surface area contributed by atoms with Gasteiger partial charge in [-0.05, 0) is 45.1 Å². The smallest absolute Gasteiger partial charge is 0.0504 e. The summed E-state index contributed by atoms with van der Waals surface area (Å²) in [7, 11) is 0. The van der Waals surface area contributed by atoms with E-state index in [1.54, 1.807) is 0 Å². The van der Waals surface area contributed by atoms with Gasteiger partial charge in [-0.25, -0.2) is 0 Å². The Hall–Kier alpha value is -0.860. The zero-order valence-corrected chi connectivity index (χ0v) is 13.5. The molecule has 1 aliphatic heterocycles. The average Bonchev–Trinajstić information content (AvgIpc) is 2.80. The predicted octanol–water partition coefficient (Wildman–Crippen LogP) is 4.04. The van der Waals surface area contributed by atoms with Crippen molar-refractivity contribution >= 4 is 0 Å². The van der Waals surface area contributed by atoms with Crippen molar-refractivity contribution in [2.45, 2.75) is 77.5 Å². The van der Waals surface area contributed by atoms with Crippen molar-refractivity contribution in [1.29, 1.82) is 0 Å². The van der Waals surface area contributed by atoms with Crippen LogP contribution in [0.2, 0.25) is 0 Å². The summed E-state index contributed by atoms with van der Waals surface area (Å²) < 4.78 is 0. The molecule has 0 saturated carbocycles. The third-order valence-electron chi connectivity index (χ3n) is 4.90. The predicted molar refractivity (Wildman–Crippen MR) is 86.8 cm³/mol. The molecule has 2 nitrogen and oxygen atoms in total. The first-order chi connectivity index (χ1) is 9.58. The fourth-order valence-corrected chi connectivity index (χ4v) is 3.73. The summed E-state index contributed by atoms with van der Waals surface area (Å²) in [5.74, 6) is 0. The van der Waals surface area contributed by atoms with Crippen molar-refractivity contribution in [2.24, 2.45) is 5.73 Å². The van der Waals surface area contributed by atoms with Crippen molar-refractivity contribution in [3.05, 3.63) is 35.4 Å². The summed E-state index contributed by atoms with van der Waals surface area (Å²) in [5.41, 5.74) is 9.24. The Morgan fingerprint density at radius 3 is 2.65 bits per heavy atom. The molecule has 2 N–H and O–H groups in total. The number of nitrogens with two attached hydrogens (primary N) is 1. The van der Waals surface area contributed by atoms with Crippen LogP contribution in [0.3, 0.4) is 0 Å². The van der Waals surface area contributed by atoms with Gasteiger partial charge in [0, 0.05) is 18.1 Å². The van der Waals surface area contributed by atoms with E-state index in [4.69, 9.17) is 5.73 Å². The number of rotatable bonds is 5. The summed E-state index contributed by atoms with van der Waals surface area (Å²) in [6.07, 6.45) is 4.87. The van der Waals surface area contributed by atoms with E-state index in [2.05, 4.69) is 56.9 Å². The lowest BCUT2D eigenvalue weighted by atomic mass is 9.93. The van der Waals surface area contributed by atoms with Gasteiger partial charge >= 0.3 is 0 Å². The molecule has 0 amide bonds. The minimum atomic E-state index is 0.214. The maximum Gasteiger partial charge on any atom is 0.0504 e. The fraction of sp³-hybridized carbons (Fsp3) is 0.667. The number of hydrogen-bond acceptors (Lipinski definition) is 2. The second-order valence-electron chi connectivity index (χ2n) is 6.37. The zero-order chi connectivity index (χ0) is 14.7. The van der Waals surface area contributed by atoms with E-state index in [0.717, 1.165) is 6.42 Å². The molecule has 1 aromatic rings. The maximum atomic E-state index is 6.52. The van der Waals surface area contributed by atoms with Gasteiger partial charge in [-0.15, -0.1) is 0 Å². The van der Waals surface area contributed by atoms with Gasteiger partial charge in [0.1, 0.15) is 0 Å². The maximum absolute atomic E-state index is 6.52. The van der Waals surface area contributed by atoms with Crippen LogP contribution < -0.4 is 5.73 Å². The van der Waals surface area contributed by atoms with Gasteiger partial charge in [-0.2, -0.15) is 0 Å². The standard InChI is InChI=1S/C18H30N2/c1-5-16-11-10-14(4)20(16)18(17(19)6-2)15-9-7-8-13(3)12-15/h7-9,12,14,16-18H,5-6,10-11,19H2,1-4H3. The molecule has 0 aromatic heterocycles. The number of aryl methyl sites for hydroxylation is 1. The van der Waals surface area contributed by atoms with Crippen LogP contribution in [0.1, 0.15) is 63.6 Å². The van der Waals surface area contributed by atoms with Crippen molar-refractivity contribution < 1.29 is 0 Å². The van der Waals surface area contributed by atoms with Gasteiger partial charge in [0.25, 0.3) is 0 Å². The van der Waals surface area contributed by atoms with E-state index in [-0.39, 0.29) is 6.04 Å². The van der Waals surface area contributed by atoms with Crippen LogP contribution in [0.4, 0.5) is 0 Å². The monoisotopic (exact) mass is 274 g/mol. The highest BCUT2D eigenvalue weighted by Crippen LogP contribution is 2.37. The lowest BCUT2D eigenvalue weighted by Gasteiger charge is -2.39. The van der Waals surface area contributed by atoms with Crippen molar-refractivity contribution in [1.82, 2.24) is 4.90 Å². The first-order valence-corrected chi connectivity index (χ1v) is 8.18. The fourth-order valence-electron chi connectivity index (χ4n) is 3.73. The summed E-state index contributed by atoms with van der Waals surface area (Å²) in [5, 5.41) is 0. The molecule has 1 heterocycles. The molecule has 0 spiro atoms. The molecule has 1 saturated heterocycles. The van der Waals surface area contributed by atoms with Crippen LogP contribution in [0.25, 0.3) is 0 Å². The van der Waals surface area contributed by atoms with E-state index in [9.17, 15) is 0 Å². The minimum absolute atomic E-state index is 0.214. The van der Waals surface area contributed by atoms with Gasteiger partial charge in [0.15, 0.2) is 0 Å². The van der Waals surface area contributed by atoms with Crippen LogP contribution >= 0.6 is 0 Å². The lowest BCUT2D eigenvalue weighted by Crippen LogP contribution is -2.46. The van der Waals surface area contributed by atoms with Crippen LogP contribution in [-0.4, -0.2) is 23.0 Å². The van der Waals surface area contributed by atoms with Crippen molar-refractivity contribution in [3.63, 3.8) is 0 Å². The van der Waals surface area contributed by atoms with Gasteiger partial charge in [0.05, 0.1) is 6.04 Å². The van der Waals surface area contributed by atoms with Crippen LogP contribution in [-0.2, 0) is 0 Å². The first-order valence-electron chi connectivity index (χ1n) is 8.18. The highest BCUT2D eigenvalue weighted by Gasteiger charge is 2.37. The average molecular weight is 274 g/mol. The largest absolute Gasteiger partial charge is 0.326 e. The van der Waals surface area contributed by atoms with E-state index in [1.807, 2.05) is 0 Å². The van der Waals surface area contributed by atoms with Crippen LogP contribution in [0.15, 0.2) is 24.3 Å². The molecule has 1 aliphatic rings. The third kappa shape index (κ3) is 3.07. The van der Waals surface area contributed by atoms with Crippen molar-refractivity contribution in [2.75, 3.05) is 0 Å². The Bertz CT molecular complexity index is 429. The van der Waals surface area contributed by atoms with Crippen LogP contribution in [0, 0.1) is 6.92 Å². The molecule has 0 aliphatic carbocycles. The molecule has 20 heavy (non-hydrogen) atoms. The van der Waals surface area contributed by atoms with Gasteiger partial charge in [-0.1, -0.05) is 43.7 Å². The van der Waals surface area contributed by atoms with E-state index in [0.29, 0.717) is 18.1 Å². The summed E-state index contributed by atoms with van der Waals surface area (Å²) in [4.78, 5) is 2.70. The third-order valence-corrected chi connectivity index (χ3v) is 4.90. The molecule has 1 fully saturated rings. The zero-order valence-electron chi connectivity index (χ0n) is 13.5. The Labute approximate surface area is 124 Å². The van der Waals surface area contributed by atoms with Gasteiger partial charge < -0.3 is 5.73 Å². The Kier molecular flexibility index (Phi) is 5.22. The van der Waals surface area contributed by atoms with Gasteiger partial charge in [-0.3, -0.25) is 4.90 Å². The number of likely N-dealkylation sites (tertiary alicyclic amines) is 1. The molecule has 0 radical (unpaired) electrons. The summed E-state index contributed by atoms with van der Waals surface area (Å²) in [6.45, 7) is 9.04. The normalized spacial score (nSPS) is 26.6. The lowest BCUT2D eigenvalue weighted by molar-refractivity contribution is 0.111. The molecule has 2 rings (SSSR count). The molecule has 4 unspecified atom stereocenters. The van der Waals surface area contributed by atoms with Crippen molar-refractivity contribution in [3.8, 4) is 0 Å². The van der Waals surface area contributed by atoms with Crippen LogP contribution in [0.5, 0.6) is 0 Å². The molecule has 1 aromatic carbocycles. The topological polar surface area (TPSA) is 29.3 Å². The molecular formula is C18H30N2. The van der Waals surface area contributed by atoms with E-state index in [1.165, 1.54) is 30.4 Å². The Morgan fingerprint density at radius 1 is 1.30 bits per heavy atom. The Balaban J connectivity index is 2.37. The second kappa shape index (κ2) is 6.73.